The number of amides is 1. The van der Waals surface area contributed by atoms with Gasteiger partial charge in [-0.3, -0.25) is 4.79 Å². The van der Waals surface area contributed by atoms with E-state index in [1.54, 1.807) is 43.3 Å². The van der Waals surface area contributed by atoms with Crippen LogP contribution in [-0.4, -0.2) is 91.8 Å². The predicted octanol–water partition coefficient (Wildman–Crippen LogP) is 3.67. The Morgan fingerprint density at radius 2 is 1.66 bits per heavy atom. The van der Waals surface area contributed by atoms with Gasteiger partial charge >= 0.3 is 12.1 Å². The van der Waals surface area contributed by atoms with E-state index in [0.717, 1.165) is 12.7 Å². The smallest absolute Gasteiger partial charge is 0.410 e. The monoisotopic (exact) mass is 489 g/mol. The van der Waals surface area contributed by atoms with Crippen LogP contribution in [0.15, 0.2) is 54.8 Å². The molecule has 0 saturated carbocycles. The van der Waals surface area contributed by atoms with Gasteiger partial charge < -0.3 is 29.6 Å². The molecule has 1 rings (SSSR count). The highest BCUT2D eigenvalue weighted by atomic mass is 16.6. The number of allylic oxidation sites excluding steroid dienone is 1. The number of carbonyl (C=O) groups excluding carboxylic acids is 2. The van der Waals surface area contributed by atoms with Gasteiger partial charge in [0.15, 0.2) is 6.29 Å². The normalized spacial score (nSPS) is 10.9. The number of nitrogens with zero attached hydrogens (tertiary/aromatic N) is 3. The highest BCUT2D eigenvalue weighted by molar-refractivity contribution is 6.02. The molecule has 0 aromatic heterocycles. The molecule has 0 aliphatic carbocycles. The Labute approximate surface area is 208 Å². The Morgan fingerprint density at radius 1 is 1.06 bits per heavy atom. The van der Waals surface area contributed by atoms with Crippen molar-refractivity contribution in [3.05, 3.63) is 65.9 Å². The van der Waals surface area contributed by atoms with Crippen LogP contribution in [0.5, 0.6) is 0 Å². The minimum absolute atomic E-state index is 0.0720. The van der Waals surface area contributed by atoms with Crippen LogP contribution in [0.4, 0.5) is 10.5 Å². The summed E-state index contributed by atoms with van der Waals surface area (Å²) in [6.07, 6.45) is 3.70. The van der Waals surface area contributed by atoms with E-state index in [9.17, 15) is 19.5 Å². The number of anilines is 1. The van der Waals surface area contributed by atoms with Crippen LogP contribution in [0.2, 0.25) is 0 Å². The number of aldehydes is 1. The zero-order chi connectivity index (χ0) is 27.3. The third kappa shape index (κ3) is 11.0. The SMILES string of the molecule is C=C(/C=C\C(=C)N(C)c1cccc(C=O)c1C(=O)O)CN(C)CCN(C)C(=O)OC(C)(C)C.CO. The summed E-state index contributed by atoms with van der Waals surface area (Å²) in [5.41, 5.74) is 1.21. The number of aliphatic hydroxyl groups excluding tert-OH is 1. The Hall–Kier alpha value is -3.43. The number of benzene rings is 1. The van der Waals surface area contributed by atoms with Crippen LogP contribution in [0.1, 0.15) is 41.5 Å². The topological polar surface area (TPSA) is 111 Å². The zero-order valence-corrected chi connectivity index (χ0v) is 21.9. The summed E-state index contributed by atoms with van der Waals surface area (Å²) in [5.74, 6) is -1.18. The molecule has 0 unspecified atom stereocenters. The number of carbonyl (C=O) groups is 3. The highest BCUT2D eigenvalue weighted by Crippen LogP contribution is 2.25. The van der Waals surface area contributed by atoms with Crippen LogP contribution in [-0.2, 0) is 4.74 Å². The van der Waals surface area contributed by atoms with Gasteiger partial charge in [-0.05, 0) is 45.5 Å². The molecular weight excluding hydrogens is 450 g/mol. The lowest BCUT2D eigenvalue weighted by atomic mass is 10.1. The van der Waals surface area contributed by atoms with Gasteiger partial charge in [-0.1, -0.05) is 31.4 Å². The number of rotatable bonds is 11. The number of likely N-dealkylation sites (N-methyl/N-ethyl adjacent to an activating group) is 3. The molecular formula is C26H39N3O6. The molecule has 9 heteroatoms. The Kier molecular flexibility index (Phi) is 13.3. The number of carboxylic acid groups (broad SMARTS) is 1. The Morgan fingerprint density at radius 3 is 2.17 bits per heavy atom. The third-order valence-corrected chi connectivity index (χ3v) is 4.71. The molecule has 2 N–H and O–H groups in total. The maximum absolute atomic E-state index is 12.0. The summed E-state index contributed by atoms with van der Waals surface area (Å²) in [6.45, 7) is 15.2. The van der Waals surface area contributed by atoms with Crippen molar-refractivity contribution < 1.29 is 29.3 Å². The lowest BCUT2D eigenvalue weighted by Gasteiger charge is -2.26. The van der Waals surface area contributed by atoms with Crippen LogP contribution >= 0.6 is 0 Å². The summed E-state index contributed by atoms with van der Waals surface area (Å²) >= 11 is 0. The molecule has 0 fully saturated rings. The molecule has 0 aliphatic rings. The van der Waals surface area contributed by atoms with Gasteiger partial charge in [-0.2, -0.15) is 0 Å². The molecule has 35 heavy (non-hydrogen) atoms. The first kappa shape index (κ1) is 31.6. The molecule has 0 atom stereocenters. The minimum Gasteiger partial charge on any atom is -0.478 e. The number of carboxylic acids is 1. The zero-order valence-electron chi connectivity index (χ0n) is 21.9. The third-order valence-electron chi connectivity index (χ3n) is 4.71. The van der Waals surface area contributed by atoms with E-state index in [1.165, 1.54) is 11.0 Å². The van der Waals surface area contributed by atoms with Crippen LogP contribution in [0.25, 0.3) is 0 Å². The van der Waals surface area contributed by atoms with Gasteiger partial charge in [0.25, 0.3) is 0 Å². The fraction of sp³-hybridized carbons (Fsp3) is 0.423. The van der Waals surface area contributed by atoms with Crippen molar-refractivity contribution >= 4 is 24.0 Å². The van der Waals surface area contributed by atoms with E-state index in [2.05, 4.69) is 13.2 Å². The molecule has 9 nitrogen and oxygen atoms in total. The van der Waals surface area contributed by atoms with Crippen molar-refractivity contribution in [2.75, 3.05) is 52.8 Å². The van der Waals surface area contributed by atoms with Gasteiger partial charge in [-0.25, -0.2) is 9.59 Å². The maximum atomic E-state index is 12.0. The number of hydrogen-bond acceptors (Lipinski definition) is 7. The quantitative estimate of drug-likeness (QED) is 0.358. The van der Waals surface area contributed by atoms with Crippen molar-refractivity contribution in [2.24, 2.45) is 0 Å². The molecule has 0 aliphatic heterocycles. The van der Waals surface area contributed by atoms with E-state index in [4.69, 9.17) is 9.84 Å². The maximum Gasteiger partial charge on any atom is 0.410 e. The van der Waals surface area contributed by atoms with E-state index in [1.807, 2.05) is 32.7 Å². The molecule has 0 bridgehead atoms. The predicted molar refractivity (Wildman–Crippen MR) is 139 cm³/mol. The fourth-order valence-corrected chi connectivity index (χ4v) is 2.88. The minimum atomic E-state index is -1.18. The number of aromatic carboxylic acids is 1. The average molecular weight is 490 g/mol. The Balaban J connectivity index is 0.00000562. The van der Waals surface area contributed by atoms with E-state index >= 15 is 0 Å². The van der Waals surface area contributed by atoms with Crippen LogP contribution in [0.3, 0.4) is 0 Å². The Bertz CT molecular complexity index is 934. The number of aliphatic hydroxyl groups is 1. The van der Waals surface area contributed by atoms with Crippen LogP contribution < -0.4 is 4.90 Å². The molecule has 0 saturated heterocycles. The molecule has 0 heterocycles. The van der Waals surface area contributed by atoms with Gasteiger partial charge in [0.2, 0.25) is 0 Å². The summed E-state index contributed by atoms with van der Waals surface area (Å²) in [6, 6.07) is 4.71. The standard InChI is InChI=1S/C25H35N3O5.CH4O/c1-18(16-26(6)14-15-27(7)24(32)33-25(3,4)5)12-13-19(2)28(8)21-11-9-10-20(17-29)22(21)23(30)31;1-2/h9-13,17H,1-2,14-16H2,3-8H3,(H,30,31);2H,1H3/b13-12-;. The highest BCUT2D eigenvalue weighted by Gasteiger charge is 2.20. The van der Waals surface area contributed by atoms with Gasteiger partial charge in [-0.15, -0.1) is 0 Å². The van der Waals surface area contributed by atoms with Crippen molar-refractivity contribution in [1.29, 1.82) is 0 Å². The van der Waals surface area contributed by atoms with Gasteiger partial charge in [0.05, 0.1) is 11.3 Å². The number of hydrogen-bond donors (Lipinski definition) is 2. The van der Waals surface area contributed by atoms with Gasteiger partial charge in [0, 0.05) is 52.1 Å². The van der Waals surface area contributed by atoms with Gasteiger partial charge in [0.1, 0.15) is 5.60 Å². The van der Waals surface area contributed by atoms with Crippen LogP contribution in [0, 0.1) is 0 Å². The lowest BCUT2D eigenvalue weighted by Crippen LogP contribution is -2.38. The first-order valence-electron chi connectivity index (χ1n) is 10.9. The molecule has 0 spiro atoms. The lowest BCUT2D eigenvalue weighted by molar-refractivity contribution is 0.0288. The summed E-state index contributed by atoms with van der Waals surface area (Å²) in [7, 11) is 6.30. The fourth-order valence-electron chi connectivity index (χ4n) is 2.88. The molecule has 1 aromatic rings. The van der Waals surface area contributed by atoms with E-state index in [0.29, 0.717) is 37.3 Å². The summed E-state index contributed by atoms with van der Waals surface area (Å²) in [5, 5.41) is 16.5. The van der Waals surface area contributed by atoms with Crippen molar-refractivity contribution in [3.8, 4) is 0 Å². The first-order valence-corrected chi connectivity index (χ1v) is 10.9. The van der Waals surface area contributed by atoms with E-state index in [-0.39, 0.29) is 17.2 Å². The van der Waals surface area contributed by atoms with Crippen molar-refractivity contribution in [1.82, 2.24) is 9.80 Å². The summed E-state index contributed by atoms with van der Waals surface area (Å²) in [4.78, 5) is 40.1. The number of ether oxygens (including phenoxy) is 1. The molecule has 0 radical (unpaired) electrons. The molecule has 1 aromatic carbocycles. The second-order valence-electron chi connectivity index (χ2n) is 8.85. The first-order chi connectivity index (χ1) is 16.3. The van der Waals surface area contributed by atoms with E-state index < -0.39 is 11.6 Å². The second-order valence-corrected chi connectivity index (χ2v) is 8.85. The average Bonchev–Trinajstić information content (AvgIpc) is 2.79. The summed E-state index contributed by atoms with van der Waals surface area (Å²) < 4.78 is 5.34. The molecule has 1 amide bonds. The largest absolute Gasteiger partial charge is 0.478 e. The van der Waals surface area contributed by atoms with Crippen molar-refractivity contribution in [2.45, 2.75) is 26.4 Å². The second kappa shape index (κ2) is 14.7. The van der Waals surface area contributed by atoms with Crippen molar-refractivity contribution in [3.63, 3.8) is 0 Å². The molecule has 194 valence electrons.